The van der Waals surface area contributed by atoms with E-state index in [0.29, 0.717) is 34.3 Å². The van der Waals surface area contributed by atoms with Crippen LogP contribution in [0.5, 0.6) is 0 Å². The molecule has 3 aromatic rings. The quantitative estimate of drug-likeness (QED) is 0.289. The molecule has 1 aromatic heterocycles. The highest BCUT2D eigenvalue weighted by atomic mass is 35.5. The normalized spacial score (nSPS) is 16.9. The molecule has 1 saturated carbocycles. The molecule has 1 aliphatic carbocycles. The van der Waals surface area contributed by atoms with Crippen LogP contribution in [0, 0.1) is 0 Å². The minimum absolute atomic E-state index is 0.611. The number of ether oxygens (including phenoxy) is 1. The number of guanidine groups is 1. The van der Waals surface area contributed by atoms with Crippen molar-refractivity contribution in [2.45, 2.75) is 18.1 Å². The molecule has 0 spiro atoms. The van der Waals surface area contributed by atoms with E-state index in [9.17, 15) is 0 Å². The molecule has 1 saturated heterocycles. The van der Waals surface area contributed by atoms with Gasteiger partial charge in [-0.1, -0.05) is 47.5 Å². The number of rotatable bonds is 5. The fourth-order valence-corrected chi connectivity index (χ4v) is 4.58. The zero-order chi connectivity index (χ0) is 21.9. The number of nitrogens with one attached hydrogen (secondary N) is 1. The third kappa shape index (κ3) is 5.07. The minimum atomic E-state index is 0.611. The van der Waals surface area contributed by atoms with Gasteiger partial charge in [0.2, 0.25) is 5.96 Å². The van der Waals surface area contributed by atoms with Crippen molar-refractivity contribution < 1.29 is 4.74 Å². The minimum Gasteiger partial charge on any atom is -0.378 e. The van der Waals surface area contributed by atoms with E-state index in [-0.39, 0.29) is 0 Å². The summed E-state index contributed by atoms with van der Waals surface area (Å²) >= 11 is 14.4. The Labute approximate surface area is 201 Å². The van der Waals surface area contributed by atoms with Gasteiger partial charge in [0.25, 0.3) is 0 Å². The Morgan fingerprint density at radius 3 is 2.53 bits per heavy atom. The van der Waals surface area contributed by atoms with E-state index < -0.39 is 0 Å². The maximum Gasteiger partial charge on any atom is 0.211 e. The molecule has 2 fully saturated rings. The number of morpholine rings is 1. The lowest BCUT2D eigenvalue weighted by atomic mass is 10.1. The Bertz CT molecular complexity index is 1110. The SMILES string of the molecule is Clc1ccc(-c2cc(N=C(NSC3CC3)N3CCOCC3)nn2-c2ccccc2Cl)cc1. The second-order valence-corrected chi connectivity index (χ2v) is 9.66. The summed E-state index contributed by atoms with van der Waals surface area (Å²) in [6, 6.07) is 17.3. The number of aromatic nitrogens is 2. The number of para-hydroxylation sites is 1. The first-order chi connectivity index (χ1) is 15.7. The van der Waals surface area contributed by atoms with E-state index in [2.05, 4.69) is 9.62 Å². The lowest BCUT2D eigenvalue weighted by molar-refractivity contribution is 0.0672. The van der Waals surface area contributed by atoms with Crippen molar-refractivity contribution in [1.82, 2.24) is 19.4 Å². The third-order valence-corrected chi connectivity index (χ3v) is 6.97. The Hall–Kier alpha value is -2.19. The van der Waals surface area contributed by atoms with Crippen molar-refractivity contribution in [3.63, 3.8) is 0 Å². The first-order valence-electron chi connectivity index (χ1n) is 10.6. The molecule has 6 nitrogen and oxygen atoms in total. The van der Waals surface area contributed by atoms with E-state index in [1.165, 1.54) is 12.8 Å². The van der Waals surface area contributed by atoms with Gasteiger partial charge in [-0.3, -0.25) is 4.72 Å². The Kier molecular flexibility index (Phi) is 6.59. The van der Waals surface area contributed by atoms with E-state index in [4.69, 9.17) is 38.0 Å². The Balaban J connectivity index is 1.55. The predicted octanol–water partition coefficient (Wildman–Crippen LogP) is 5.57. The average Bonchev–Trinajstić information content (AvgIpc) is 3.56. The number of aliphatic imine (C=N–C) groups is 1. The first-order valence-corrected chi connectivity index (χ1v) is 12.2. The molecule has 1 N–H and O–H groups in total. The highest BCUT2D eigenvalue weighted by molar-refractivity contribution is 7.98. The lowest BCUT2D eigenvalue weighted by Crippen LogP contribution is -2.45. The van der Waals surface area contributed by atoms with Crippen LogP contribution in [-0.2, 0) is 4.74 Å². The summed E-state index contributed by atoms with van der Waals surface area (Å²) in [5.74, 6) is 1.43. The lowest BCUT2D eigenvalue weighted by Gasteiger charge is -2.29. The molecule has 0 bridgehead atoms. The van der Waals surface area contributed by atoms with Crippen molar-refractivity contribution in [2.24, 2.45) is 4.99 Å². The molecule has 0 unspecified atom stereocenters. The van der Waals surface area contributed by atoms with Gasteiger partial charge < -0.3 is 9.64 Å². The second kappa shape index (κ2) is 9.75. The van der Waals surface area contributed by atoms with Crippen LogP contribution in [0.15, 0.2) is 59.6 Å². The maximum absolute atomic E-state index is 6.52. The summed E-state index contributed by atoms with van der Waals surface area (Å²) < 4.78 is 10.8. The molecular weight excluding hydrogens is 465 g/mol. The molecule has 9 heteroatoms. The van der Waals surface area contributed by atoms with E-state index >= 15 is 0 Å². The number of benzene rings is 2. The van der Waals surface area contributed by atoms with Gasteiger partial charge in [-0.05, 0) is 49.1 Å². The van der Waals surface area contributed by atoms with Gasteiger partial charge >= 0.3 is 0 Å². The van der Waals surface area contributed by atoms with Crippen LogP contribution in [0.1, 0.15) is 12.8 Å². The maximum atomic E-state index is 6.52. The van der Waals surface area contributed by atoms with Crippen molar-refractivity contribution >= 4 is 46.9 Å². The Morgan fingerprint density at radius 1 is 1.06 bits per heavy atom. The summed E-state index contributed by atoms with van der Waals surface area (Å²) in [7, 11) is 0. The van der Waals surface area contributed by atoms with Crippen LogP contribution in [-0.4, -0.2) is 52.2 Å². The fourth-order valence-electron chi connectivity index (χ4n) is 3.42. The summed E-state index contributed by atoms with van der Waals surface area (Å²) in [5, 5.41) is 6.79. The van der Waals surface area contributed by atoms with Crippen LogP contribution < -0.4 is 4.72 Å². The topological polar surface area (TPSA) is 54.7 Å². The third-order valence-electron chi connectivity index (χ3n) is 5.29. The first kappa shape index (κ1) is 21.6. The fraction of sp³-hybridized carbons (Fsp3) is 0.304. The van der Waals surface area contributed by atoms with Gasteiger partial charge in [-0.2, -0.15) is 4.99 Å². The molecular formula is C23H23Cl2N5OS. The average molecular weight is 488 g/mol. The number of hydrogen-bond acceptors (Lipinski definition) is 4. The van der Waals surface area contributed by atoms with Gasteiger partial charge in [0.15, 0.2) is 5.82 Å². The van der Waals surface area contributed by atoms with Crippen LogP contribution in [0.25, 0.3) is 16.9 Å². The van der Waals surface area contributed by atoms with Crippen LogP contribution >= 0.6 is 35.1 Å². The summed E-state index contributed by atoms with van der Waals surface area (Å²) in [6.45, 7) is 2.98. The summed E-state index contributed by atoms with van der Waals surface area (Å²) in [4.78, 5) is 7.13. The van der Waals surface area contributed by atoms with E-state index in [1.54, 1.807) is 11.9 Å². The molecule has 0 atom stereocenters. The van der Waals surface area contributed by atoms with Crippen LogP contribution in [0.2, 0.25) is 10.0 Å². The van der Waals surface area contributed by atoms with Crippen LogP contribution in [0.3, 0.4) is 0 Å². The summed E-state index contributed by atoms with van der Waals surface area (Å²) in [5.41, 5.74) is 2.68. The largest absolute Gasteiger partial charge is 0.378 e. The molecule has 166 valence electrons. The molecule has 5 rings (SSSR count). The van der Waals surface area contributed by atoms with Gasteiger partial charge in [0, 0.05) is 35.0 Å². The monoisotopic (exact) mass is 487 g/mol. The molecule has 1 aliphatic heterocycles. The highest BCUT2D eigenvalue weighted by Crippen LogP contribution is 2.33. The summed E-state index contributed by atoms with van der Waals surface area (Å²) in [6.07, 6.45) is 2.49. The number of nitrogens with zero attached hydrogens (tertiary/aromatic N) is 4. The molecule has 32 heavy (non-hydrogen) atoms. The molecule has 0 radical (unpaired) electrons. The second-order valence-electron chi connectivity index (χ2n) is 7.71. The Morgan fingerprint density at radius 2 is 1.81 bits per heavy atom. The van der Waals surface area contributed by atoms with Gasteiger partial charge in [0.1, 0.15) is 0 Å². The predicted molar refractivity (Wildman–Crippen MR) is 132 cm³/mol. The number of halogens is 2. The molecule has 2 aliphatic rings. The van der Waals surface area contributed by atoms with E-state index in [1.807, 2.05) is 59.3 Å². The van der Waals surface area contributed by atoms with E-state index in [0.717, 1.165) is 36.0 Å². The molecule has 2 aromatic carbocycles. The zero-order valence-electron chi connectivity index (χ0n) is 17.4. The van der Waals surface area contributed by atoms with Gasteiger partial charge in [-0.25, -0.2) is 4.68 Å². The highest BCUT2D eigenvalue weighted by Gasteiger charge is 2.25. The smallest absolute Gasteiger partial charge is 0.211 e. The van der Waals surface area contributed by atoms with Crippen molar-refractivity contribution in [3.8, 4) is 16.9 Å². The van der Waals surface area contributed by atoms with Crippen molar-refractivity contribution in [2.75, 3.05) is 26.3 Å². The van der Waals surface area contributed by atoms with Gasteiger partial charge in [0.05, 0.1) is 29.6 Å². The van der Waals surface area contributed by atoms with Gasteiger partial charge in [-0.15, -0.1) is 5.10 Å². The zero-order valence-corrected chi connectivity index (χ0v) is 19.7. The van der Waals surface area contributed by atoms with Crippen molar-refractivity contribution in [1.29, 1.82) is 0 Å². The van der Waals surface area contributed by atoms with Crippen molar-refractivity contribution in [3.05, 3.63) is 64.6 Å². The molecule has 2 heterocycles. The number of hydrogen-bond donors (Lipinski definition) is 1. The standard InChI is InChI=1S/C23H23Cl2N5OS/c24-17-7-5-16(6-8-17)21-15-22(27-30(21)20-4-2-1-3-19(20)25)26-23(28-32-18-9-10-18)29-11-13-31-14-12-29/h1-8,15,18H,9-14H2,(H,26,27,28). The van der Waals surface area contributed by atoms with Crippen LogP contribution in [0.4, 0.5) is 5.82 Å². The molecule has 0 amide bonds.